The van der Waals surface area contributed by atoms with Gasteiger partial charge in [-0.2, -0.15) is 0 Å². The van der Waals surface area contributed by atoms with Crippen molar-refractivity contribution in [3.8, 4) is 0 Å². The van der Waals surface area contributed by atoms with E-state index >= 15 is 0 Å². The molecule has 0 saturated heterocycles. The van der Waals surface area contributed by atoms with E-state index in [4.69, 9.17) is 10.6 Å². The summed E-state index contributed by atoms with van der Waals surface area (Å²) in [7, 11) is 0. The molecule has 0 bridgehead atoms. The second-order valence-electron chi connectivity index (χ2n) is 7.43. The SMILES string of the molecule is NC(=O)[C@H](Cc1ccccc1)NC(=O)CCCCCCC(=O)NOCc1ccccc1. The highest BCUT2D eigenvalue weighted by Crippen LogP contribution is 2.07. The number of primary amides is 1. The lowest BCUT2D eigenvalue weighted by Gasteiger charge is -2.15. The van der Waals surface area contributed by atoms with Crippen LogP contribution in [0, 0.1) is 0 Å². The third-order valence-corrected chi connectivity index (χ3v) is 4.79. The second kappa shape index (κ2) is 13.9. The molecule has 0 aromatic heterocycles. The number of hydrogen-bond acceptors (Lipinski definition) is 4. The molecule has 0 unspecified atom stereocenters. The zero-order valence-electron chi connectivity index (χ0n) is 17.7. The number of nitrogens with two attached hydrogens (primary N) is 1. The molecule has 0 spiro atoms. The van der Waals surface area contributed by atoms with E-state index in [1.54, 1.807) is 0 Å². The number of benzene rings is 2. The molecular formula is C24H31N3O4. The topological polar surface area (TPSA) is 111 Å². The van der Waals surface area contributed by atoms with Crippen molar-refractivity contribution in [1.29, 1.82) is 0 Å². The van der Waals surface area contributed by atoms with Gasteiger partial charge >= 0.3 is 0 Å². The van der Waals surface area contributed by atoms with Crippen LogP contribution >= 0.6 is 0 Å². The summed E-state index contributed by atoms with van der Waals surface area (Å²) in [6.07, 6.45) is 4.15. The summed E-state index contributed by atoms with van der Waals surface area (Å²) in [5.74, 6) is -0.886. The maximum Gasteiger partial charge on any atom is 0.243 e. The fourth-order valence-corrected chi connectivity index (χ4v) is 3.09. The van der Waals surface area contributed by atoms with Gasteiger partial charge in [-0.25, -0.2) is 5.48 Å². The van der Waals surface area contributed by atoms with Gasteiger partial charge in [0.2, 0.25) is 17.7 Å². The molecule has 3 amide bonds. The normalized spacial score (nSPS) is 11.5. The minimum atomic E-state index is -0.713. The van der Waals surface area contributed by atoms with Crippen molar-refractivity contribution in [3.63, 3.8) is 0 Å². The smallest absolute Gasteiger partial charge is 0.243 e. The standard InChI is InChI=1S/C24H31N3O4/c25-24(30)21(17-19-11-5-3-6-12-19)26-22(28)15-9-1-2-10-16-23(29)27-31-18-20-13-7-4-8-14-20/h3-8,11-14,21H,1-2,9-10,15-18H2,(H2,25,30)(H,26,28)(H,27,29)/t21-/m0/s1. The van der Waals surface area contributed by atoms with E-state index in [1.807, 2.05) is 60.7 Å². The Morgan fingerprint density at radius 1 is 0.774 bits per heavy atom. The Hall–Kier alpha value is -3.19. The molecule has 31 heavy (non-hydrogen) atoms. The number of hydrogen-bond donors (Lipinski definition) is 3. The predicted octanol–water partition coefficient (Wildman–Crippen LogP) is 2.79. The van der Waals surface area contributed by atoms with E-state index in [9.17, 15) is 14.4 Å². The first kappa shape index (κ1) is 24.1. The summed E-state index contributed by atoms with van der Waals surface area (Å²) in [5, 5.41) is 2.72. The Balaban J connectivity index is 1.52. The molecule has 0 aliphatic heterocycles. The van der Waals surface area contributed by atoms with E-state index < -0.39 is 11.9 Å². The lowest BCUT2D eigenvalue weighted by atomic mass is 10.0. The third-order valence-electron chi connectivity index (χ3n) is 4.79. The average molecular weight is 426 g/mol. The molecule has 2 rings (SSSR count). The molecule has 0 heterocycles. The maximum absolute atomic E-state index is 12.1. The van der Waals surface area contributed by atoms with Crippen molar-refractivity contribution in [2.75, 3.05) is 0 Å². The summed E-state index contributed by atoms with van der Waals surface area (Å²) < 4.78 is 0. The van der Waals surface area contributed by atoms with Crippen molar-refractivity contribution < 1.29 is 19.2 Å². The van der Waals surface area contributed by atoms with Crippen LogP contribution in [0.1, 0.15) is 49.7 Å². The fraction of sp³-hybridized carbons (Fsp3) is 0.375. The highest BCUT2D eigenvalue weighted by molar-refractivity contribution is 5.86. The van der Waals surface area contributed by atoms with Gasteiger partial charge in [0.15, 0.2) is 0 Å². The molecule has 0 aliphatic carbocycles. The molecular weight excluding hydrogens is 394 g/mol. The van der Waals surface area contributed by atoms with E-state index in [-0.39, 0.29) is 11.8 Å². The maximum atomic E-state index is 12.1. The van der Waals surface area contributed by atoms with Crippen LogP contribution in [0.2, 0.25) is 0 Å². The number of carbonyl (C=O) groups is 3. The van der Waals surface area contributed by atoms with Gasteiger partial charge in [0.25, 0.3) is 0 Å². The van der Waals surface area contributed by atoms with Gasteiger partial charge in [-0.3, -0.25) is 19.2 Å². The molecule has 2 aromatic rings. The Labute approximate surface area is 183 Å². The number of unbranched alkanes of at least 4 members (excludes halogenated alkanes) is 3. The number of amides is 3. The van der Waals surface area contributed by atoms with Gasteiger partial charge in [-0.05, 0) is 24.0 Å². The van der Waals surface area contributed by atoms with Crippen LogP contribution in [0.25, 0.3) is 0 Å². The highest BCUT2D eigenvalue weighted by atomic mass is 16.6. The fourth-order valence-electron chi connectivity index (χ4n) is 3.09. The molecule has 0 radical (unpaired) electrons. The van der Waals surface area contributed by atoms with Crippen molar-refractivity contribution in [2.45, 2.75) is 57.6 Å². The van der Waals surface area contributed by atoms with Crippen LogP contribution in [0.15, 0.2) is 60.7 Å². The van der Waals surface area contributed by atoms with Crippen molar-refractivity contribution in [3.05, 3.63) is 71.8 Å². The highest BCUT2D eigenvalue weighted by Gasteiger charge is 2.18. The van der Waals surface area contributed by atoms with Crippen LogP contribution in [0.4, 0.5) is 0 Å². The van der Waals surface area contributed by atoms with Gasteiger partial charge in [0.1, 0.15) is 6.04 Å². The van der Waals surface area contributed by atoms with E-state index in [0.29, 0.717) is 32.3 Å². The molecule has 0 aliphatic rings. The minimum absolute atomic E-state index is 0.154. The monoisotopic (exact) mass is 425 g/mol. The van der Waals surface area contributed by atoms with Crippen LogP contribution in [0.5, 0.6) is 0 Å². The number of rotatable bonds is 14. The summed E-state index contributed by atoms with van der Waals surface area (Å²) in [6, 6.07) is 18.3. The van der Waals surface area contributed by atoms with Crippen LogP contribution < -0.4 is 16.5 Å². The third kappa shape index (κ3) is 10.4. The van der Waals surface area contributed by atoms with Gasteiger partial charge in [0, 0.05) is 19.3 Å². The largest absolute Gasteiger partial charge is 0.368 e. The number of hydroxylamine groups is 1. The molecule has 166 valence electrons. The second-order valence-corrected chi connectivity index (χ2v) is 7.43. The van der Waals surface area contributed by atoms with Crippen LogP contribution in [0.3, 0.4) is 0 Å². The summed E-state index contributed by atoms with van der Waals surface area (Å²) in [5.41, 5.74) is 9.80. The van der Waals surface area contributed by atoms with Crippen LogP contribution in [-0.2, 0) is 32.2 Å². The van der Waals surface area contributed by atoms with E-state index in [0.717, 1.165) is 30.4 Å². The molecule has 0 saturated carbocycles. The first-order valence-corrected chi connectivity index (χ1v) is 10.6. The van der Waals surface area contributed by atoms with Crippen LogP contribution in [-0.4, -0.2) is 23.8 Å². The molecule has 1 atom stereocenters. The Morgan fingerprint density at radius 2 is 1.32 bits per heavy atom. The summed E-state index contributed by atoms with van der Waals surface area (Å²) >= 11 is 0. The first-order valence-electron chi connectivity index (χ1n) is 10.6. The predicted molar refractivity (Wildman–Crippen MR) is 118 cm³/mol. The Bertz CT molecular complexity index is 812. The average Bonchev–Trinajstić information content (AvgIpc) is 2.77. The quantitative estimate of drug-likeness (QED) is 0.319. The van der Waals surface area contributed by atoms with Gasteiger partial charge < -0.3 is 11.1 Å². The van der Waals surface area contributed by atoms with Gasteiger partial charge in [-0.15, -0.1) is 0 Å². The van der Waals surface area contributed by atoms with Gasteiger partial charge in [0.05, 0.1) is 6.61 Å². The minimum Gasteiger partial charge on any atom is -0.368 e. The molecule has 0 fully saturated rings. The first-order chi connectivity index (χ1) is 15.0. The molecule has 2 aromatic carbocycles. The lowest BCUT2D eigenvalue weighted by Crippen LogP contribution is -2.45. The van der Waals surface area contributed by atoms with E-state index in [2.05, 4.69) is 10.8 Å². The molecule has 7 nitrogen and oxygen atoms in total. The summed E-state index contributed by atoms with van der Waals surface area (Å²) in [6.45, 7) is 0.332. The van der Waals surface area contributed by atoms with Gasteiger partial charge in [-0.1, -0.05) is 73.5 Å². The van der Waals surface area contributed by atoms with Crippen molar-refractivity contribution >= 4 is 17.7 Å². The van der Waals surface area contributed by atoms with Crippen molar-refractivity contribution in [2.24, 2.45) is 5.73 Å². The Morgan fingerprint density at radius 3 is 1.90 bits per heavy atom. The zero-order valence-corrected chi connectivity index (χ0v) is 17.7. The summed E-state index contributed by atoms with van der Waals surface area (Å²) in [4.78, 5) is 40.7. The lowest BCUT2D eigenvalue weighted by molar-refractivity contribution is -0.134. The van der Waals surface area contributed by atoms with Crippen molar-refractivity contribution in [1.82, 2.24) is 10.8 Å². The molecule has 4 N–H and O–H groups in total. The number of nitrogens with one attached hydrogen (secondary N) is 2. The molecule has 7 heteroatoms. The number of carbonyl (C=O) groups excluding carboxylic acids is 3. The Kier molecular flexibility index (Phi) is 10.8. The van der Waals surface area contributed by atoms with E-state index in [1.165, 1.54) is 0 Å². The zero-order chi connectivity index (χ0) is 22.3.